The van der Waals surface area contributed by atoms with Gasteiger partial charge in [0.05, 0.1) is 6.04 Å². The van der Waals surface area contributed by atoms with Gasteiger partial charge in [0.15, 0.2) is 5.69 Å². The predicted molar refractivity (Wildman–Crippen MR) is 169 cm³/mol. The largest absolute Gasteiger partial charge is 0.459 e. The lowest BCUT2D eigenvalue weighted by Gasteiger charge is -2.26. The number of fused-ring (bicyclic) bond motifs is 1. The zero-order valence-corrected chi connectivity index (χ0v) is 25.9. The second-order valence-corrected chi connectivity index (χ2v) is 11.5. The molecule has 1 unspecified atom stereocenters. The summed E-state index contributed by atoms with van der Waals surface area (Å²) in [5.41, 5.74) is 0.0372. The van der Waals surface area contributed by atoms with Crippen molar-refractivity contribution in [2.75, 3.05) is 18.7 Å². The van der Waals surface area contributed by atoms with E-state index in [9.17, 15) is 19.2 Å². The van der Waals surface area contributed by atoms with E-state index in [-0.39, 0.29) is 24.3 Å². The first-order valence-electron chi connectivity index (χ1n) is 13.9. The fourth-order valence-electron chi connectivity index (χ4n) is 4.44. The molecule has 44 heavy (non-hydrogen) atoms. The highest BCUT2D eigenvalue weighted by molar-refractivity contribution is 6.31. The Morgan fingerprint density at radius 3 is 2.20 bits per heavy atom. The molecule has 0 bridgehead atoms. The van der Waals surface area contributed by atoms with Crippen LogP contribution in [-0.2, 0) is 20.8 Å². The minimum Gasteiger partial charge on any atom is -0.459 e. The van der Waals surface area contributed by atoms with E-state index >= 15 is 0 Å². The molecule has 0 fully saturated rings. The topological polar surface area (TPSA) is 116 Å². The number of carbonyl (C=O) groups excluding carboxylic acids is 3. The van der Waals surface area contributed by atoms with Crippen LogP contribution in [0.1, 0.15) is 43.7 Å². The molecule has 0 saturated carbocycles. The molecule has 1 aromatic heterocycles. The Hall–Kier alpha value is -4.83. The third-order valence-corrected chi connectivity index (χ3v) is 6.61. The maximum absolute atomic E-state index is 14.0. The number of nitrogens with one attached hydrogen (secondary N) is 1. The number of rotatable bonds is 8. The van der Waals surface area contributed by atoms with Crippen molar-refractivity contribution in [3.8, 4) is 11.1 Å². The maximum Gasteiger partial charge on any atom is 0.429 e. The van der Waals surface area contributed by atoms with E-state index in [1.54, 1.807) is 76.2 Å². The molecule has 0 aliphatic rings. The third-order valence-electron chi connectivity index (χ3n) is 6.38. The molecule has 11 heteroatoms. The molecule has 0 radical (unpaired) electrons. The molecule has 0 saturated heterocycles. The van der Waals surface area contributed by atoms with Gasteiger partial charge in [-0.05, 0) is 62.4 Å². The van der Waals surface area contributed by atoms with Gasteiger partial charge in [-0.25, -0.2) is 24.1 Å². The molecule has 1 atom stereocenters. The van der Waals surface area contributed by atoms with Crippen molar-refractivity contribution >= 4 is 40.5 Å². The maximum atomic E-state index is 14.0. The molecule has 1 heterocycles. The number of alkyl carbamates (subject to hydrolysis) is 1. The van der Waals surface area contributed by atoms with Crippen molar-refractivity contribution in [3.63, 3.8) is 0 Å². The van der Waals surface area contributed by atoms with Gasteiger partial charge in [-0.15, -0.1) is 0 Å². The summed E-state index contributed by atoms with van der Waals surface area (Å²) < 4.78 is 17.3. The highest BCUT2D eigenvalue weighted by atomic mass is 35.5. The molecule has 3 aromatic carbocycles. The average molecular weight is 620 g/mol. The van der Waals surface area contributed by atoms with Crippen LogP contribution in [0.5, 0.6) is 0 Å². The minimum absolute atomic E-state index is 0.0544. The predicted octanol–water partition coefficient (Wildman–Crippen LogP) is 6.30. The lowest BCUT2D eigenvalue weighted by Crippen LogP contribution is -2.47. The van der Waals surface area contributed by atoms with Crippen LogP contribution in [0.4, 0.5) is 9.59 Å². The highest BCUT2D eigenvalue weighted by Gasteiger charge is 2.30. The van der Waals surface area contributed by atoms with E-state index in [0.717, 1.165) is 15.2 Å². The molecule has 2 amide bonds. The van der Waals surface area contributed by atoms with Crippen molar-refractivity contribution in [2.24, 2.45) is 0 Å². The molecule has 0 aliphatic heterocycles. The van der Waals surface area contributed by atoms with Crippen molar-refractivity contribution in [1.82, 2.24) is 9.99 Å². The van der Waals surface area contributed by atoms with E-state index < -0.39 is 35.4 Å². The van der Waals surface area contributed by atoms with Gasteiger partial charge in [0, 0.05) is 23.0 Å². The highest BCUT2D eigenvalue weighted by Crippen LogP contribution is 2.33. The normalized spacial score (nSPS) is 11.9. The quantitative estimate of drug-likeness (QED) is 0.182. The Morgan fingerprint density at radius 2 is 1.57 bits per heavy atom. The zero-order valence-electron chi connectivity index (χ0n) is 25.1. The summed E-state index contributed by atoms with van der Waals surface area (Å²) in [6.45, 7) is 6.52. The van der Waals surface area contributed by atoms with E-state index in [1.807, 2.05) is 24.3 Å². The number of hydrogen-bond acceptors (Lipinski definition) is 7. The molecule has 1 N–H and O–H groups in total. The van der Waals surface area contributed by atoms with E-state index in [0.29, 0.717) is 21.5 Å². The fourth-order valence-corrected chi connectivity index (χ4v) is 4.62. The first-order chi connectivity index (χ1) is 20.9. The Kier molecular flexibility index (Phi) is 9.95. The van der Waals surface area contributed by atoms with Gasteiger partial charge in [-0.3, -0.25) is 4.79 Å². The molecule has 0 spiro atoms. The Morgan fingerprint density at radius 1 is 0.932 bits per heavy atom. The number of aromatic nitrogens is 1. The van der Waals surface area contributed by atoms with Gasteiger partial charge < -0.3 is 19.5 Å². The van der Waals surface area contributed by atoms with E-state index in [4.69, 9.17) is 25.8 Å². The molecule has 4 rings (SSSR count). The molecule has 0 aliphatic carbocycles. The van der Waals surface area contributed by atoms with Crippen LogP contribution in [-0.4, -0.2) is 48.1 Å². The number of halogens is 1. The summed E-state index contributed by atoms with van der Waals surface area (Å²) in [5, 5.41) is 4.50. The Bertz CT molecular complexity index is 1720. The summed E-state index contributed by atoms with van der Waals surface area (Å²) in [5.74, 6) is -0.914. The lowest BCUT2D eigenvalue weighted by molar-refractivity contribution is 0.0373. The second-order valence-electron chi connectivity index (χ2n) is 11.1. The van der Waals surface area contributed by atoms with E-state index in [1.165, 1.54) is 13.1 Å². The van der Waals surface area contributed by atoms with Crippen LogP contribution in [0.25, 0.3) is 21.9 Å². The number of nitrogens with zero attached hydrogens (tertiary/aromatic N) is 2. The lowest BCUT2D eigenvalue weighted by atomic mass is 9.97. The van der Waals surface area contributed by atoms with Crippen LogP contribution in [0, 0.1) is 0 Å². The smallest absolute Gasteiger partial charge is 0.429 e. The first-order valence-corrected chi connectivity index (χ1v) is 14.3. The Balaban J connectivity index is 1.79. The number of hydrogen-bond donors (Lipinski definition) is 1. The summed E-state index contributed by atoms with van der Waals surface area (Å²) >= 11 is 6.35. The number of carbonyl (C=O) groups is 3. The molecule has 10 nitrogen and oxygen atoms in total. The van der Waals surface area contributed by atoms with Crippen LogP contribution in [0.15, 0.2) is 83.7 Å². The standard InChI is InChI=1S/C33H34ClN3O7/c1-21(35-31(40)44-33(2,3)4)19-42-30(39)28-27(23-14-10-7-11-15-23)26-18-24(34)16-17-25(26)29(38)37(28)36(5)32(41)43-20-22-12-8-6-9-13-22/h6-18,21H,19-20H2,1-5H3,(H,35,40). The van der Waals surface area contributed by atoms with Crippen molar-refractivity contribution in [3.05, 3.63) is 105 Å². The summed E-state index contributed by atoms with van der Waals surface area (Å²) in [6.07, 6.45) is -1.55. The third kappa shape index (κ3) is 7.76. The van der Waals surface area contributed by atoms with Gasteiger partial charge in [-0.2, -0.15) is 0 Å². The van der Waals surface area contributed by atoms with Gasteiger partial charge in [0.2, 0.25) is 0 Å². The monoisotopic (exact) mass is 619 g/mol. The number of ether oxygens (including phenoxy) is 3. The average Bonchev–Trinajstić information content (AvgIpc) is 2.98. The van der Waals surface area contributed by atoms with Crippen LogP contribution in [0.2, 0.25) is 5.02 Å². The number of amides is 2. The van der Waals surface area contributed by atoms with Crippen LogP contribution < -0.4 is 15.9 Å². The van der Waals surface area contributed by atoms with Crippen molar-refractivity contribution < 1.29 is 28.6 Å². The first kappa shape index (κ1) is 32.1. The number of pyridine rings is 1. The van der Waals surface area contributed by atoms with Gasteiger partial charge in [0.25, 0.3) is 5.56 Å². The molecule has 4 aromatic rings. The van der Waals surface area contributed by atoms with E-state index in [2.05, 4.69) is 5.32 Å². The van der Waals surface area contributed by atoms with Gasteiger partial charge in [0.1, 0.15) is 18.8 Å². The SMILES string of the molecule is CC(COC(=O)c1c(-c2ccccc2)c2cc(Cl)ccc2c(=O)n1N(C)C(=O)OCc1ccccc1)NC(=O)OC(C)(C)C. The molecular formula is C33H34ClN3O7. The second kappa shape index (κ2) is 13.6. The van der Waals surface area contributed by atoms with Crippen molar-refractivity contribution in [1.29, 1.82) is 0 Å². The summed E-state index contributed by atoms with van der Waals surface area (Å²) in [7, 11) is 1.33. The summed E-state index contributed by atoms with van der Waals surface area (Å²) in [6, 6.07) is 22.0. The molecule has 230 valence electrons. The fraction of sp³-hybridized carbons (Fsp3) is 0.273. The Labute approximate surface area is 260 Å². The van der Waals surface area contributed by atoms with Crippen LogP contribution >= 0.6 is 11.6 Å². The van der Waals surface area contributed by atoms with Gasteiger partial charge >= 0.3 is 18.2 Å². The molecular weight excluding hydrogens is 586 g/mol. The minimum atomic E-state index is -0.914. The zero-order chi connectivity index (χ0) is 32.0. The van der Waals surface area contributed by atoms with Crippen LogP contribution in [0.3, 0.4) is 0 Å². The van der Waals surface area contributed by atoms with Crippen molar-refractivity contribution in [2.45, 2.75) is 45.9 Å². The number of benzene rings is 3. The number of esters is 1. The summed E-state index contributed by atoms with van der Waals surface area (Å²) in [4.78, 5) is 53.4. The van der Waals surface area contributed by atoms with Gasteiger partial charge in [-0.1, -0.05) is 72.3 Å².